The molecule has 0 bridgehead atoms. The van der Waals surface area contributed by atoms with Crippen LogP contribution in [0.4, 0.5) is 32.0 Å². The van der Waals surface area contributed by atoms with Crippen LogP contribution in [0, 0.1) is 23.4 Å². The molecule has 0 saturated carbocycles. The van der Waals surface area contributed by atoms with Crippen LogP contribution in [0.2, 0.25) is 0 Å². The van der Waals surface area contributed by atoms with Crippen LogP contribution >= 0.6 is 0 Å². The third-order valence-corrected chi connectivity index (χ3v) is 5.41. The number of carbonyl (C=O) groups excluding carboxylic acids is 1. The number of carboxylic acid groups (broad SMARTS) is 1. The topological polar surface area (TPSA) is 66.4 Å². The summed E-state index contributed by atoms with van der Waals surface area (Å²) in [6.45, 7) is 3.63. The molecular weight excluding hydrogens is 488 g/mol. The van der Waals surface area contributed by atoms with E-state index < -0.39 is 52.5 Å². The molecule has 0 heterocycles. The van der Waals surface area contributed by atoms with Crippen LogP contribution in [-0.4, -0.2) is 17.0 Å². The molecule has 0 radical (unpaired) electrons. The maximum atomic E-state index is 13.6. The van der Waals surface area contributed by atoms with Crippen molar-refractivity contribution >= 4 is 17.6 Å². The lowest BCUT2D eigenvalue weighted by molar-refractivity contribution is -0.139. The van der Waals surface area contributed by atoms with Crippen LogP contribution < -0.4 is 5.32 Å². The normalized spacial score (nSPS) is 12.5. The lowest BCUT2D eigenvalue weighted by Crippen LogP contribution is -2.16. The highest BCUT2D eigenvalue weighted by molar-refractivity contribution is 6.04. The molecule has 3 rings (SSSR count). The Kier molecular flexibility index (Phi) is 7.76. The summed E-state index contributed by atoms with van der Waals surface area (Å²) >= 11 is 0. The van der Waals surface area contributed by atoms with Crippen molar-refractivity contribution in [2.45, 2.75) is 32.4 Å². The molecule has 2 N–H and O–H groups in total. The number of nitrogens with one attached hydrogen (secondary N) is 1. The number of anilines is 1. The largest absolute Gasteiger partial charge is 0.481 e. The molecule has 36 heavy (non-hydrogen) atoms. The predicted molar refractivity (Wildman–Crippen MR) is 121 cm³/mol. The van der Waals surface area contributed by atoms with Gasteiger partial charge in [-0.05, 0) is 65.4 Å². The second-order valence-electron chi connectivity index (χ2n) is 8.65. The molecule has 3 aromatic rings. The van der Waals surface area contributed by atoms with Gasteiger partial charge in [0.05, 0.1) is 11.5 Å². The lowest BCUT2D eigenvalue weighted by Gasteiger charge is -2.18. The number of hydrogen-bond donors (Lipinski definition) is 2. The van der Waals surface area contributed by atoms with Gasteiger partial charge in [0.25, 0.3) is 5.91 Å². The van der Waals surface area contributed by atoms with Crippen LogP contribution in [0.25, 0.3) is 11.1 Å². The van der Waals surface area contributed by atoms with Gasteiger partial charge in [-0.2, -0.15) is 13.2 Å². The van der Waals surface area contributed by atoms with Gasteiger partial charge in [-0.15, -0.1) is 0 Å². The second-order valence-corrected chi connectivity index (χ2v) is 8.65. The van der Waals surface area contributed by atoms with Crippen LogP contribution in [0.1, 0.15) is 47.7 Å². The zero-order valence-corrected chi connectivity index (χ0v) is 19.1. The first-order valence-corrected chi connectivity index (χ1v) is 10.8. The van der Waals surface area contributed by atoms with Gasteiger partial charge < -0.3 is 10.4 Å². The van der Waals surface area contributed by atoms with E-state index in [1.165, 1.54) is 30.3 Å². The van der Waals surface area contributed by atoms with Gasteiger partial charge in [0.15, 0.2) is 17.5 Å². The maximum absolute atomic E-state index is 13.6. The van der Waals surface area contributed by atoms with E-state index in [1.807, 2.05) is 13.8 Å². The van der Waals surface area contributed by atoms with Gasteiger partial charge in [-0.1, -0.05) is 32.0 Å². The monoisotopic (exact) mass is 509 g/mol. The number of alkyl halides is 3. The molecule has 1 unspecified atom stereocenters. The third-order valence-electron chi connectivity index (χ3n) is 5.41. The van der Waals surface area contributed by atoms with Gasteiger partial charge >= 0.3 is 12.1 Å². The summed E-state index contributed by atoms with van der Waals surface area (Å²) in [4.78, 5) is 24.6. The Morgan fingerprint density at radius 3 is 1.97 bits per heavy atom. The highest BCUT2D eigenvalue weighted by Crippen LogP contribution is 2.34. The van der Waals surface area contributed by atoms with E-state index in [4.69, 9.17) is 0 Å². The minimum Gasteiger partial charge on any atom is -0.481 e. The number of halogens is 6. The lowest BCUT2D eigenvalue weighted by atomic mass is 9.88. The molecule has 190 valence electrons. The van der Waals surface area contributed by atoms with Crippen molar-refractivity contribution in [3.05, 3.63) is 88.7 Å². The van der Waals surface area contributed by atoms with Gasteiger partial charge in [-0.25, -0.2) is 13.2 Å². The van der Waals surface area contributed by atoms with E-state index >= 15 is 0 Å². The van der Waals surface area contributed by atoms with Crippen molar-refractivity contribution in [3.63, 3.8) is 0 Å². The minimum atomic E-state index is -4.55. The van der Waals surface area contributed by atoms with Crippen LogP contribution in [-0.2, 0) is 11.0 Å². The Morgan fingerprint density at radius 1 is 0.889 bits per heavy atom. The SMILES string of the molecule is CC(C)CC(C(=O)O)c1cc(NC(=O)c2cc(F)c(F)c(F)c2)cc(-c2ccc(C(F)(F)F)cc2)c1. The molecule has 10 heteroatoms. The van der Waals surface area contributed by atoms with E-state index in [-0.39, 0.29) is 23.6 Å². The first-order chi connectivity index (χ1) is 16.8. The summed E-state index contributed by atoms with van der Waals surface area (Å²) in [7, 11) is 0. The predicted octanol–water partition coefficient (Wildman–Crippen LogP) is 7.26. The quantitative estimate of drug-likeness (QED) is 0.260. The summed E-state index contributed by atoms with van der Waals surface area (Å²) in [6, 6.07) is 9.40. The van der Waals surface area contributed by atoms with Crippen molar-refractivity contribution in [3.8, 4) is 11.1 Å². The summed E-state index contributed by atoms with van der Waals surface area (Å²) in [5, 5.41) is 12.2. The molecule has 0 aliphatic carbocycles. The Morgan fingerprint density at radius 2 is 1.47 bits per heavy atom. The molecule has 0 aliphatic heterocycles. The van der Waals surface area contributed by atoms with E-state index in [1.54, 1.807) is 0 Å². The molecule has 0 aliphatic rings. The summed E-state index contributed by atoms with van der Waals surface area (Å²) in [5.74, 6) is -8.05. The molecule has 3 aromatic carbocycles. The highest BCUT2D eigenvalue weighted by atomic mass is 19.4. The van der Waals surface area contributed by atoms with E-state index in [9.17, 15) is 41.0 Å². The van der Waals surface area contributed by atoms with Crippen molar-refractivity contribution in [1.29, 1.82) is 0 Å². The fraction of sp³-hybridized carbons (Fsp3) is 0.231. The Labute approximate surface area is 202 Å². The number of benzene rings is 3. The average Bonchev–Trinajstić information content (AvgIpc) is 2.79. The first-order valence-electron chi connectivity index (χ1n) is 10.8. The van der Waals surface area contributed by atoms with Crippen molar-refractivity contribution in [1.82, 2.24) is 0 Å². The average molecular weight is 509 g/mol. The minimum absolute atomic E-state index is 0.0240. The Balaban J connectivity index is 2.07. The summed E-state index contributed by atoms with van der Waals surface area (Å²) < 4.78 is 79.3. The second kappa shape index (κ2) is 10.4. The fourth-order valence-electron chi connectivity index (χ4n) is 3.68. The molecule has 4 nitrogen and oxygen atoms in total. The number of aliphatic carboxylic acids is 1. The standard InChI is InChI=1S/C26H21F6NO3/c1-13(2)7-20(25(35)36)16-8-15(14-3-5-18(6-4-14)26(30,31)32)9-19(10-16)33-24(34)17-11-21(27)23(29)22(28)12-17/h3-6,8-13,20H,7H2,1-2H3,(H,33,34)(H,35,36). The van der Waals surface area contributed by atoms with Crippen molar-refractivity contribution in [2.75, 3.05) is 5.32 Å². The number of carbonyl (C=O) groups is 2. The van der Waals surface area contributed by atoms with E-state index in [2.05, 4.69) is 5.32 Å². The molecule has 1 atom stereocenters. The van der Waals surface area contributed by atoms with Gasteiger partial charge in [-0.3, -0.25) is 9.59 Å². The molecule has 0 aromatic heterocycles. The summed E-state index contributed by atoms with van der Waals surface area (Å²) in [5.41, 5.74) is -0.479. The van der Waals surface area contributed by atoms with Crippen LogP contribution in [0.3, 0.4) is 0 Å². The summed E-state index contributed by atoms with van der Waals surface area (Å²) in [6.07, 6.45) is -4.32. The Bertz CT molecular complexity index is 1260. The fourth-order valence-corrected chi connectivity index (χ4v) is 3.68. The van der Waals surface area contributed by atoms with Gasteiger partial charge in [0, 0.05) is 11.3 Å². The number of amides is 1. The molecule has 1 amide bonds. The molecule has 0 fully saturated rings. The first kappa shape index (κ1) is 26.8. The van der Waals surface area contributed by atoms with E-state index in [0.717, 1.165) is 12.1 Å². The third kappa shape index (κ3) is 6.24. The molecule has 0 spiro atoms. The van der Waals surface area contributed by atoms with Crippen molar-refractivity contribution < 1.29 is 41.0 Å². The molecule has 0 saturated heterocycles. The zero-order valence-electron chi connectivity index (χ0n) is 19.1. The van der Waals surface area contributed by atoms with Gasteiger partial charge in [0.2, 0.25) is 0 Å². The number of hydrogen-bond acceptors (Lipinski definition) is 2. The molecular formula is C26H21F6NO3. The highest BCUT2D eigenvalue weighted by Gasteiger charge is 2.30. The number of rotatable bonds is 7. The maximum Gasteiger partial charge on any atom is 0.416 e. The smallest absolute Gasteiger partial charge is 0.416 e. The van der Waals surface area contributed by atoms with Crippen molar-refractivity contribution in [2.24, 2.45) is 5.92 Å². The van der Waals surface area contributed by atoms with Crippen LogP contribution in [0.15, 0.2) is 54.6 Å². The van der Waals surface area contributed by atoms with Crippen LogP contribution in [0.5, 0.6) is 0 Å². The Hall–Kier alpha value is -3.82. The zero-order chi connectivity index (χ0) is 26.8. The van der Waals surface area contributed by atoms with Gasteiger partial charge in [0.1, 0.15) is 0 Å². The van der Waals surface area contributed by atoms with E-state index in [0.29, 0.717) is 23.3 Å². The number of carboxylic acids is 1.